The van der Waals surface area contributed by atoms with Gasteiger partial charge < -0.3 is 5.73 Å². The fourth-order valence-electron chi connectivity index (χ4n) is 2.18. The first-order valence-electron chi connectivity index (χ1n) is 6.26. The quantitative estimate of drug-likeness (QED) is 0.893. The molecule has 0 bridgehead atoms. The Morgan fingerprint density at radius 3 is 2.22 bits per heavy atom. The second-order valence-electron chi connectivity index (χ2n) is 4.63. The monoisotopic (exact) mass is 303 g/mol. The molecule has 2 rings (SSSR count). The van der Waals surface area contributed by atoms with Crippen molar-refractivity contribution in [1.82, 2.24) is 0 Å². The molecule has 0 heterocycles. The maximum Gasteiger partial charge on any atom is 0.0177 e. The van der Waals surface area contributed by atoms with E-state index in [9.17, 15) is 0 Å². The van der Waals surface area contributed by atoms with Gasteiger partial charge in [0.1, 0.15) is 0 Å². The molecule has 2 N–H and O–H groups in total. The van der Waals surface area contributed by atoms with Gasteiger partial charge in [-0.15, -0.1) is 0 Å². The summed E-state index contributed by atoms with van der Waals surface area (Å²) in [5.41, 5.74) is 8.60. The van der Waals surface area contributed by atoms with Crippen LogP contribution in [0.25, 0.3) is 0 Å². The maximum atomic E-state index is 5.89. The molecule has 18 heavy (non-hydrogen) atoms. The Labute approximate surface area is 117 Å². The first-order chi connectivity index (χ1) is 8.78. The van der Waals surface area contributed by atoms with Crippen LogP contribution in [0, 0.1) is 5.92 Å². The van der Waals surface area contributed by atoms with Crippen molar-refractivity contribution in [2.45, 2.75) is 12.8 Å². The lowest BCUT2D eigenvalue weighted by Gasteiger charge is -2.15. The molecule has 0 amide bonds. The summed E-state index contributed by atoms with van der Waals surface area (Å²) in [6.45, 7) is 0.724. The molecule has 0 aliphatic heterocycles. The van der Waals surface area contributed by atoms with Gasteiger partial charge in [-0.05, 0) is 48.6 Å². The minimum absolute atomic E-state index is 0.502. The van der Waals surface area contributed by atoms with Crippen LogP contribution in [0.15, 0.2) is 59.1 Å². The van der Waals surface area contributed by atoms with E-state index in [0.717, 1.165) is 23.9 Å². The van der Waals surface area contributed by atoms with Crippen LogP contribution in [0.4, 0.5) is 0 Å². The van der Waals surface area contributed by atoms with Crippen LogP contribution in [0.1, 0.15) is 11.1 Å². The van der Waals surface area contributed by atoms with Gasteiger partial charge in [0.05, 0.1) is 0 Å². The molecule has 0 aliphatic rings. The zero-order chi connectivity index (χ0) is 12.8. The van der Waals surface area contributed by atoms with E-state index < -0.39 is 0 Å². The van der Waals surface area contributed by atoms with Crippen molar-refractivity contribution in [3.8, 4) is 0 Å². The smallest absolute Gasteiger partial charge is 0.0177 e. The van der Waals surface area contributed by atoms with Crippen molar-refractivity contribution in [3.05, 3.63) is 70.2 Å². The highest BCUT2D eigenvalue weighted by molar-refractivity contribution is 9.10. The van der Waals surface area contributed by atoms with Crippen LogP contribution in [0.3, 0.4) is 0 Å². The highest BCUT2D eigenvalue weighted by Gasteiger charge is 2.09. The molecule has 94 valence electrons. The topological polar surface area (TPSA) is 26.0 Å². The number of hydrogen-bond donors (Lipinski definition) is 1. The Bertz CT molecular complexity index is 481. The van der Waals surface area contributed by atoms with E-state index in [1.165, 1.54) is 11.1 Å². The van der Waals surface area contributed by atoms with Gasteiger partial charge in [-0.25, -0.2) is 0 Å². The molecule has 2 heteroatoms. The fourth-order valence-corrected chi connectivity index (χ4v) is 2.63. The largest absolute Gasteiger partial charge is 0.330 e. The Morgan fingerprint density at radius 2 is 1.56 bits per heavy atom. The Kier molecular flexibility index (Phi) is 4.97. The molecule has 1 nitrogen and oxygen atoms in total. The summed E-state index contributed by atoms with van der Waals surface area (Å²) in [7, 11) is 0. The Hall–Kier alpha value is -1.12. The predicted molar refractivity (Wildman–Crippen MR) is 80.5 cm³/mol. The number of nitrogens with two attached hydrogens (primary N) is 1. The third-order valence-electron chi connectivity index (χ3n) is 3.11. The Balaban J connectivity index is 2.01. The summed E-state index contributed by atoms with van der Waals surface area (Å²) in [4.78, 5) is 0. The third-order valence-corrected chi connectivity index (χ3v) is 3.61. The summed E-state index contributed by atoms with van der Waals surface area (Å²) in [6.07, 6.45) is 2.08. The molecule has 1 unspecified atom stereocenters. The van der Waals surface area contributed by atoms with Gasteiger partial charge in [0.25, 0.3) is 0 Å². The first kappa shape index (κ1) is 13.3. The van der Waals surface area contributed by atoms with E-state index >= 15 is 0 Å². The number of rotatable bonds is 5. The van der Waals surface area contributed by atoms with Crippen LogP contribution >= 0.6 is 15.9 Å². The highest BCUT2D eigenvalue weighted by atomic mass is 79.9. The zero-order valence-electron chi connectivity index (χ0n) is 10.4. The lowest BCUT2D eigenvalue weighted by molar-refractivity contribution is 0.533. The molecular weight excluding hydrogens is 286 g/mol. The first-order valence-corrected chi connectivity index (χ1v) is 7.05. The van der Waals surface area contributed by atoms with Crippen LogP contribution in [0.5, 0.6) is 0 Å². The average molecular weight is 304 g/mol. The molecule has 0 fully saturated rings. The summed E-state index contributed by atoms with van der Waals surface area (Å²) in [5, 5.41) is 0. The van der Waals surface area contributed by atoms with Gasteiger partial charge in [-0.1, -0.05) is 58.4 Å². The van der Waals surface area contributed by atoms with Crippen LogP contribution in [-0.4, -0.2) is 6.54 Å². The average Bonchev–Trinajstić information content (AvgIpc) is 2.39. The molecular formula is C16H18BrN. The van der Waals surface area contributed by atoms with E-state index in [-0.39, 0.29) is 0 Å². The maximum absolute atomic E-state index is 5.89. The van der Waals surface area contributed by atoms with E-state index in [4.69, 9.17) is 5.73 Å². The summed E-state index contributed by atoms with van der Waals surface area (Å²) in [6, 6.07) is 19.0. The highest BCUT2D eigenvalue weighted by Crippen LogP contribution is 2.17. The molecule has 1 atom stereocenters. The molecule has 0 saturated heterocycles. The van der Waals surface area contributed by atoms with Crippen molar-refractivity contribution in [3.63, 3.8) is 0 Å². The van der Waals surface area contributed by atoms with Crippen molar-refractivity contribution >= 4 is 15.9 Å². The van der Waals surface area contributed by atoms with Crippen molar-refractivity contribution in [1.29, 1.82) is 0 Å². The van der Waals surface area contributed by atoms with Crippen LogP contribution in [0.2, 0.25) is 0 Å². The molecule has 0 radical (unpaired) electrons. The SMILES string of the molecule is NCC(Cc1ccccc1)Cc1cccc(Br)c1. The van der Waals surface area contributed by atoms with E-state index in [2.05, 4.69) is 70.5 Å². The van der Waals surface area contributed by atoms with E-state index in [1.54, 1.807) is 0 Å². The summed E-state index contributed by atoms with van der Waals surface area (Å²) < 4.78 is 1.13. The number of hydrogen-bond acceptors (Lipinski definition) is 1. The lowest BCUT2D eigenvalue weighted by Crippen LogP contribution is -2.19. The molecule has 2 aromatic carbocycles. The van der Waals surface area contributed by atoms with Crippen molar-refractivity contribution in [2.75, 3.05) is 6.54 Å². The van der Waals surface area contributed by atoms with Crippen LogP contribution < -0.4 is 5.73 Å². The second kappa shape index (κ2) is 6.72. The van der Waals surface area contributed by atoms with Gasteiger partial charge in [-0.3, -0.25) is 0 Å². The minimum atomic E-state index is 0.502. The van der Waals surface area contributed by atoms with Crippen molar-refractivity contribution in [2.24, 2.45) is 11.7 Å². The van der Waals surface area contributed by atoms with Crippen molar-refractivity contribution < 1.29 is 0 Å². The van der Waals surface area contributed by atoms with Gasteiger partial charge in [0.2, 0.25) is 0 Å². The van der Waals surface area contributed by atoms with Gasteiger partial charge in [0.15, 0.2) is 0 Å². The molecule has 0 saturated carbocycles. The Morgan fingerprint density at radius 1 is 0.889 bits per heavy atom. The normalized spacial score (nSPS) is 12.3. The summed E-state index contributed by atoms with van der Waals surface area (Å²) in [5.74, 6) is 0.502. The molecule has 0 aliphatic carbocycles. The fraction of sp³-hybridized carbons (Fsp3) is 0.250. The zero-order valence-corrected chi connectivity index (χ0v) is 11.9. The molecule has 0 spiro atoms. The summed E-state index contributed by atoms with van der Waals surface area (Å²) >= 11 is 3.51. The second-order valence-corrected chi connectivity index (χ2v) is 5.54. The van der Waals surface area contributed by atoms with Gasteiger partial charge in [-0.2, -0.15) is 0 Å². The molecule has 2 aromatic rings. The third kappa shape index (κ3) is 3.97. The molecule has 0 aromatic heterocycles. The number of halogens is 1. The van der Waals surface area contributed by atoms with Gasteiger partial charge in [0, 0.05) is 4.47 Å². The predicted octanol–water partition coefficient (Wildman–Crippen LogP) is 3.81. The van der Waals surface area contributed by atoms with E-state index in [1.807, 2.05) is 0 Å². The van der Waals surface area contributed by atoms with Gasteiger partial charge >= 0.3 is 0 Å². The lowest BCUT2D eigenvalue weighted by atomic mass is 9.93. The minimum Gasteiger partial charge on any atom is -0.330 e. The van der Waals surface area contributed by atoms with Crippen LogP contribution in [-0.2, 0) is 12.8 Å². The standard InChI is InChI=1S/C16H18BrN/c17-16-8-4-7-14(11-16)10-15(12-18)9-13-5-2-1-3-6-13/h1-8,11,15H,9-10,12,18H2. The number of benzene rings is 2. The van der Waals surface area contributed by atoms with E-state index in [0.29, 0.717) is 5.92 Å².